The highest BCUT2D eigenvalue weighted by atomic mass is 16.5. The minimum Gasteiger partial charge on any atom is -0.493 e. The summed E-state index contributed by atoms with van der Waals surface area (Å²) < 4.78 is 12.3. The summed E-state index contributed by atoms with van der Waals surface area (Å²) in [7, 11) is 3.21. The van der Waals surface area contributed by atoms with Crippen LogP contribution in [0.1, 0.15) is 0 Å². The molecule has 102 valence electrons. The lowest BCUT2D eigenvalue weighted by Gasteiger charge is -2.11. The molecule has 0 spiro atoms. The number of methoxy groups -OCH3 is 2. The summed E-state index contributed by atoms with van der Waals surface area (Å²) >= 11 is 0. The monoisotopic (exact) mass is 270 g/mol. The van der Waals surface area contributed by atoms with Gasteiger partial charge in [-0.1, -0.05) is 0 Å². The molecule has 2 heterocycles. The van der Waals surface area contributed by atoms with Crippen LogP contribution in [0.4, 0.5) is 5.82 Å². The molecule has 6 nitrogen and oxygen atoms in total. The number of anilines is 1. The number of pyridine rings is 1. The Hall–Kier alpha value is -2.76. The molecule has 0 atom stereocenters. The van der Waals surface area contributed by atoms with Gasteiger partial charge < -0.3 is 15.2 Å². The second-order valence-electron chi connectivity index (χ2n) is 4.25. The van der Waals surface area contributed by atoms with E-state index in [1.165, 1.54) is 0 Å². The average Bonchev–Trinajstić information content (AvgIpc) is 2.91. The lowest BCUT2D eigenvalue weighted by molar-refractivity contribution is 0.356. The van der Waals surface area contributed by atoms with Crippen molar-refractivity contribution in [2.45, 2.75) is 0 Å². The van der Waals surface area contributed by atoms with Crippen molar-refractivity contribution < 1.29 is 9.47 Å². The minimum absolute atomic E-state index is 0.448. The highest BCUT2D eigenvalue weighted by molar-refractivity contribution is 5.91. The number of ether oxygens (including phenoxy) is 2. The van der Waals surface area contributed by atoms with E-state index in [1.54, 1.807) is 37.4 Å². The van der Waals surface area contributed by atoms with Crippen LogP contribution >= 0.6 is 0 Å². The van der Waals surface area contributed by atoms with Crippen molar-refractivity contribution in [3.05, 3.63) is 36.7 Å². The predicted molar refractivity (Wildman–Crippen MR) is 76.4 cm³/mol. The van der Waals surface area contributed by atoms with E-state index in [4.69, 9.17) is 15.2 Å². The first-order valence-corrected chi connectivity index (χ1v) is 6.05. The Bertz CT molecular complexity index is 767. The van der Waals surface area contributed by atoms with Gasteiger partial charge in [0.15, 0.2) is 17.3 Å². The molecule has 2 N–H and O–H groups in total. The SMILES string of the molecule is COc1cc2ccnc(-n3ccc(N)n3)c2cc1OC. The van der Waals surface area contributed by atoms with E-state index in [0.717, 1.165) is 10.8 Å². The summed E-state index contributed by atoms with van der Waals surface area (Å²) in [5, 5.41) is 6.09. The number of fused-ring (bicyclic) bond motifs is 1. The van der Waals surface area contributed by atoms with Gasteiger partial charge in [0.05, 0.1) is 14.2 Å². The zero-order chi connectivity index (χ0) is 14.1. The predicted octanol–water partition coefficient (Wildman–Crippen LogP) is 2.02. The number of nitrogen functional groups attached to an aromatic ring is 1. The molecule has 0 fully saturated rings. The van der Waals surface area contributed by atoms with Gasteiger partial charge in [0.2, 0.25) is 0 Å². The Kier molecular flexibility index (Phi) is 2.90. The van der Waals surface area contributed by atoms with Crippen molar-refractivity contribution >= 4 is 16.6 Å². The molecule has 0 aliphatic heterocycles. The van der Waals surface area contributed by atoms with E-state index in [1.807, 2.05) is 18.2 Å². The lowest BCUT2D eigenvalue weighted by atomic mass is 10.1. The summed E-state index contributed by atoms with van der Waals surface area (Å²) in [4.78, 5) is 4.37. The van der Waals surface area contributed by atoms with Crippen molar-refractivity contribution in [1.29, 1.82) is 0 Å². The Morgan fingerprint density at radius 3 is 2.50 bits per heavy atom. The number of hydrogen-bond donors (Lipinski definition) is 1. The third-order valence-corrected chi connectivity index (χ3v) is 3.07. The number of aromatic nitrogens is 3. The molecule has 0 bridgehead atoms. The zero-order valence-corrected chi connectivity index (χ0v) is 11.2. The molecular weight excluding hydrogens is 256 g/mol. The largest absolute Gasteiger partial charge is 0.493 e. The topological polar surface area (TPSA) is 75.2 Å². The fourth-order valence-electron chi connectivity index (χ4n) is 2.12. The highest BCUT2D eigenvalue weighted by Gasteiger charge is 2.11. The molecule has 0 saturated carbocycles. The van der Waals surface area contributed by atoms with Gasteiger partial charge in [0.25, 0.3) is 0 Å². The summed E-state index contributed by atoms with van der Waals surface area (Å²) in [6, 6.07) is 7.43. The van der Waals surface area contributed by atoms with Crippen LogP contribution in [0.15, 0.2) is 36.7 Å². The molecule has 3 rings (SSSR count). The normalized spacial score (nSPS) is 10.7. The van der Waals surface area contributed by atoms with Crippen LogP contribution in [0.25, 0.3) is 16.6 Å². The van der Waals surface area contributed by atoms with Gasteiger partial charge in [-0.3, -0.25) is 0 Å². The molecule has 0 aliphatic carbocycles. The maximum atomic E-state index is 5.66. The lowest BCUT2D eigenvalue weighted by Crippen LogP contribution is -2.01. The first-order valence-electron chi connectivity index (χ1n) is 6.05. The fourth-order valence-corrected chi connectivity index (χ4v) is 2.12. The molecule has 0 saturated heterocycles. The molecule has 0 unspecified atom stereocenters. The van der Waals surface area contributed by atoms with Crippen molar-refractivity contribution in [2.75, 3.05) is 20.0 Å². The van der Waals surface area contributed by atoms with Crippen LogP contribution in [0, 0.1) is 0 Å². The molecule has 3 aromatic rings. The van der Waals surface area contributed by atoms with Crippen molar-refractivity contribution in [1.82, 2.24) is 14.8 Å². The van der Waals surface area contributed by atoms with E-state index >= 15 is 0 Å². The maximum absolute atomic E-state index is 5.66. The zero-order valence-electron chi connectivity index (χ0n) is 11.2. The minimum atomic E-state index is 0.448. The van der Waals surface area contributed by atoms with Gasteiger partial charge >= 0.3 is 0 Å². The Morgan fingerprint density at radius 1 is 1.10 bits per heavy atom. The molecular formula is C14H14N4O2. The summed E-state index contributed by atoms with van der Waals surface area (Å²) in [5.41, 5.74) is 5.66. The fraction of sp³-hybridized carbons (Fsp3) is 0.143. The average molecular weight is 270 g/mol. The Labute approximate surface area is 115 Å². The van der Waals surface area contributed by atoms with E-state index < -0.39 is 0 Å². The molecule has 0 amide bonds. The van der Waals surface area contributed by atoms with Crippen LogP contribution in [0.2, 0.25) is 0 Å². The first-order chi connectivity index (χ1) is 9.72. The van der Waals surface area contributed by atoms with Crippen LogP contribution in [0.5, 0.6) is 11.5 Å². The third-order valence-electron chi connectivity index (χ3n) is 3.07. The van der Waals surface area contributed by atoms with Gasteiger partial charge in [-0.15, -0.1) is 5.10 Å². The number of benzene rings is 1. The molecule has 1 aromatic carbocycles. The van der Waals surface area contributed by atoms with Crippen LogP contribution in [0.3, 0.4) is 0 Å². The van der Waals surface area contributed by atoms with E-state index in [2.05, 4.69) is 10.1 Å². The van der Waals surface area contributed by atoms with Gasteiger partial charge in [0.1, 0.15) is 5.82 Å². The molecule has 0 aliphatic rings. The standard InChI is InChI=1S/C14H14N4O2/c1-19-11-7-9-3-5-16-14(10(9)8-12(11)20-2)18-6-4-13(15)17-18/h3-8H,1-2H3,(H2,15,17). The maximum Gasteiger partial charge on any atom is 0.161 e. The highest BCUT2D eigenvalue weighted by Crippen LogP contribution is 2.33. The van der Waals surface area contributed by atoms with Crippen LogP contribution < -0.4 is 15.2 Å². The molecule has 20 heavy (non-hydrogen) atoms. The van der Waals surface area contributed by atoms with Gasteiger partial charge in [-0.05, 0) is 23.6 Å². The van der Waals surface area contributed by atoms with Crippen molar-refractivity contribution in [3.8, 4) is 17.3 Å². The molecule has 2 aromatic heterocycles. The van der Waals surface area contributed by atoms with E-state index in [0.29, 0.717) is 23.1 Å². The first kappa shape index (κ1) is 12.3. The number of nitrogens with zero attached hydrogens (tertiary/aromatic N) is 3. The van der Waals surface area contributed by atoms with Crippen molar-refractivity contribution in [2.24, 2.45) is 0 Å². The van der Waals surface area contributed by atoms with Gasteiger partial charge in [-0.25, -0.2) is 9.67 Å². The quantitative estimate of drug-likeness (QED) is 0.788. The second-order valence-corrected chi connectivity index (χ2v) is 4.25. The van der Waals surface area contributed by atoms with Gasteiger partial charge in [-0.2, -0.15) is 0 Å². The smallest absolute Gasteiger partial charge is 0.161 e. The number of hydrogen-bond acceptors (Lipinski definition) is 5. The third kappa shape index (κ3) is 1.91. The van der Waals surface area contributed by atoms with Crippen LogP contribution in [-0.4, -0.2) is 29.0 Å². The summed E-state index contributed by atoms with van der Waals surface area (Å²) in [6.45, 7) is 0. The summed E-state index contributed by atoms with van der Waals surface area (Å²) in [5.74, 6) is 2.47. The molecule has 6 heteroatoms. The molecule has 0 radical (unpaired) electrons. The number of nitrogens with two attached hydrogens (primary N) is 1. The van der Waals surface area contributed by atoms with E-state index in [9.17, 15) is 0 Å². The van der Waals surface area contributed by atoms with Crippen molar-refractivity contribution in [3.63, 3.8) is 0 Å². The van der Waals surface area contributed by atoms with Gasteiger partial charge in [0, 0.05) is 23.8 Å². The Balaban J connectivity index is 2.28. The van der Waals surface area contributed by atoms with Crippen LogP contribution in [-0.2, 0) is 0 Å². The summed E-state index contributed by atoms with van der Waals surface area (Å²) in [6.07, 6.45) is 3.50. The van der Waals surface area contributed by atoms with E-state index in [-0.39, 0.29) is 0 Å². The second kappa shape index (κ2) is 4.73. The number of rotatable bonds is 3. The Morgan fingerprint density at radius 2 is 1.85 bits per heavy atom.